The van der Waals surface area contributed by atoms with Crippen molar-refractivity contribution in [1.82, 2.24) is 4.90 Å². The highest BCUT2D eigenvalue weighted by Crippen LogP contribution is 2.22. The fourth-order valence-corrected chi connectivity index (χ4v) is 2.76. The molecular weight excluding hydrogens is 226 g/mol. The van der Waals surface area contributed by atoms with Crippen LogP contribution in [0.25, 0.3) is 0 Å². The maximum absolute atomic E-state index is 10.9. The van der Waals surface area contributed by atoms with Crippen LogP contribution < -0.4 is 0 Å². The molecule has 2 rings (SSSR count). The number of nitrogens with zero attached hydrogens (tertiary/aromatic N) is 1. The number of likely N-dealkylation sites (tertiary alicyclic amines) is 1. The van der Waals surface area contributed by atoms with Crippen molar-refractivity contribution in [1.29, 1.82) is 0 Å². The Kier molecular flexibility index (Phi) is 4.37. The number of hydrogen-bond acceptors (Lipinski definition) is 2. The van der Waals surface area contributed by atoms with Crippen LogP contribution >= 0.6 is 0 Å². The smallest absolute Gasteiger partial charge is 0.335 e. The molecule has 0 saturated carbocycles. The lowest BCUT2D eigenvalue weighted by Crippen LogP contribution is -2.20. The summed E-state index contributed by atoms with van der Waals surface area (Å²) >= 11 is 0. The highest BCUT2D eigenvalue weighted by molar-refractivity contribution is 5.87. The van der Waals surface area contributed by atoms with Crippen molar-refractivity contribution in [3.63, 3.8) is 0 Å². The van der Waals surface area contributed by atoms with Crippen LogP contribution in [0.2, 0.25) is 0 Å². The van der Waals surface area contributed by atoms with Gasteiger partial charge in [0, 0.05) is 13.1 Å². The van der Waals surface area contributed by atoms with Gasteiger partial charge in [0.2, 0.25) is 0 Å². The number of carboxylic acid groups (broad SMARTS) is 1. The lowest BCUT2D eigenvalue weighted by atomic mass is 10.0. The number of benzene rings is 1. The van der Waals surface area contributed by atoms with Crippen LogP contribution in [-0.4, -0.2) is 29.1 Å². The summed E-state index contributed by atoms with van der Waals surface area (Å²) in [5.74, 6) is -0.0141. The van der Waals surface area contributed by atoms with Crippen molar-refractivity contribution in [2.24, 2.45) is 5.92 Å². The van der Waals surface area contributed by atoms with Gasteiger partial charge in [0.1, 0.15) is 0 Å². The molecule has 1 N–H and O–H groups in total. The maximum Gasteiger partial charge on any atom is 0.335 e. The fraction of sp³-hybridized carbons (Fsp3) is 0.533. The zero-order chi connectivity index (χ0) is 13.0. The fourth-order valence-electron chi connectivity index (χ4n) is 2.76. The molecule has 98 valence electrons. The normalized spacial score (nSPS) is 20.2. The van der Waals surface area contributed by atoms with Gasteiger partial charge in [-0.1, -0.05) is 25.5 Å². The quantitative estimate of drug-likeness (QED) is 0.869. The second-order valence-electron chi connectivity index (χ2n) is 5.18. The van der Waals surface area contributed by atoms with Crippen LogP contribution in [0.5, 0.6) is 0 Å². The number of hydrogen-bond donors (Lipinski definition) is 1. The summed E-state index contributed by atoms with van der Waals surface area (Å²) in [5, 5.41) is 8.97. The van der Waals surface area contributed by atoms with Gasteiger partial charge in [-0.2, -0.15) is 0 Å². The second kappa shape index (κ2) is 6.01. The van der Waals surface area contributed by atoms with Gasteiger partial charge in [0.15, 0.2) is 0 Å². The third kappa shape index (κ3) is 3.33. The SMILES string of the molecule is CCCC1CCN(Cc2cccc(C(=O)O)c2)C1. The monoisotopic (exact) mass is 247 g/mol. The van der Waals surface area contributed by atoms with E-state index in [4.69, 9.17) is 5.11 Å². The average Bonchev–Trinajstić information content (AvgIpc) is 2.77. The first kappa shape index (κ1) is 13.1. The van der Waals surface area contributed by atoms with E-state index in [0.29, 0.717) is 5.56 Å². The molecule has 0 aromatic heterocycles. The predicted molar refractivity (Wildman–Crippen MR) is 71.7 cm³/mol. The molecule has 1 saturated heterocycles. The maximum atomic E-state index is 10.9. The van der Waals surface area contributed by atoms with E-state index in [1.807, 2.05) is 12.1 Å². The third-order valence-electron chi connectivity index (χ3n) is 3.65. The summed E-state index contributed by atoms with van der Waals surface area (Å²) in [6.45, 7) is 5.41. The topological polar surface area (TPSA) is 40.5 Å². The Bertz CT molecular complexity index is 417. The van der Waals surface area contributed by atoms with Crippen molar-refractivity contribution in [2.45, 2.75) is 32.7 Å². The van der Waals surface area contributed by atoms with E-state index in [1.54, 1.807) is 12.1 Å². The first-order valence-corrected chi connectivity index (χ1v) is 6.73. The molecule has 0 bridgehead atoms. The van der Waals surface area contributed by atoms with Gasteiger partial charge in [-0.25, -0.2) is 4.79 Å². The molecule has 0 aliphatic carbocycles. The lowest BCUT2D eigenvalue weighted by molar-refractivity contribution is 0.0696. The predicted octanol–water partition coefficient (Wildman–Crippen LogP) is 3.01. The number of carboxylic acids is 1. The van der Waals surface area contributed by atoms with E-state index in [-0.39, 0.29) is 0 Å². The van der Waals surface area contributed by atoms with Crippen LogP contribution in [0.3, 0.4) is 0 Å². The van der Waals surface area contributed by atoms with Gasteiger partial charge in [-0.3, -0.25) is 4.90 Å². The molecule has 0 spiro atoms. The van der Waals surface area contributed by atoms with Crippen LogP contribution in [0.1, 0.15) is 42.1 Å². The van der Waals surface area contributed by atoms with Crippen LogP contribution in [0, 0.1) is 5.92 Å². The first-order valence-electron chi connectivity index (χ1n) is 6.73. The van der Waals surface area contributed by atoms with Gasteiger partial charge in [0.25, 0.3) is 0 Å². The number of aromatic carboxylic acids is 1. The minimum Gasteiger partial charge on any atom is -0.478 e. The van der Waals surface area contributed by atoms with Crippen molar-refractivity contribution < 1.29 is 9.90 Å². The summed E-state index contributed by atoms with van der Waals surface area (Å²) < 4.78 is 0. The summed E-state index contributed by atoms with van der Waals surface area (Å²) in [5.41, 5.74) is 1.49. The Morgan fingerprint density at radius 3 is 3.06 bits per heavy atom. The first-order chi connectivity index (χ1) is 8.69. The van der Waals surface area contributed by atoms with E-state index < -0.39 is 5.97 Å². The Balaban J connectivity index is 1.94. The van der Waals surface area contributed by atoms with E-state index in [1.165, 1.54) is 19.3 Å². The zero-order valence-corrected chi connectivity index (χ0v) is 10.9. The molecule has 0 amide bonds. The van der Waals surface area contributed by atoms with E-state index >= 15 is 0 Å². The van der Waals surface area contributed by atoms with Crippen LogP contribution in [-0.2, 0) is 6.54 Å². The van der Waals surface area contributed by atoms with Crippen LogP contribution in [0.4, 0.5) is 0 Å². The standard InChI is InChI=1S/C15H21NO2/c1-2-4-12-7-8-16(10-12)11-13-5-3-6-14(9-13)15(17)18/h3,5-6,9,12H,2,4,7-8,10-11H2,1H3,(H,17,18). The average molecular weight is 247 g/mol. The molecule has 18 heavy (non-hydrogen) atoms. The molecule has 1 aromatic rings. The molecule has 1 aliphatic rings. The minimum absolute atomic E-state index is 0.386. The zero-order valence-electron chi connectivity index (χ0n) is 10.9. The molecule has 0 radical (unpaired) electrons. The van der Waals surface area contributed by atoms with Crippen molar-refractivity contribution in [3.05, 3.63) is 35.4 Å². The van der Waals surface area contributed by atoms with Crippen molar-refractivity contribution in [3.8, 4) is 0 Å². The number of carbonyl (C=O) groups is 1. The molecule has 3 nitrogen and oxygen atoms in total. The molecule has 1 heterocycles. The van der Waals surface area contributed by atoms with Crippen molar-refractivity contribution >= 4 is 5.97 Å². The highest BCUT2D eigenvalue weighted by Gasteiger charge is 2.21. The van der Waals surface area contributed by atoms with E-state index in [0.717, 1.165) is 31.1 Å². The molecule has 3 heteroatoms. The minimum atomic E-state index is -0.845. The molecule has 1 unspecified atom stereocenters. The largest absolute Gasteiger partial charge is 0.478 e. The molecule has 1 atom stereocenters. The number of rotatable bonds is 5. The Hall–Kier alpha value is -1.35. The Labute approximate surface area is 108 Å². The molecule has 1 aromatic carbocycles. The molecular formula is C15H21NO2. The van der Waals surface area contributed by atoms with Crippen LogP contribution in [0.15, 0.2) is 24.3 Å². The van der Waals surface area contributed by atoms with Gasteiger partial charge >= 0.3 is 5.97 Å². The van der Waals surface area contributed by atoms with Crippen molar-refractivity contribution in [2.75, 3.05) is 13.1 Å². The van der Waals surface area contributed by atoms with Gasteiger partial charge in [0.05, 0.1) is 5.56 Å². The Morgan fingerprint density at radius 2 is 2.33 bits per heavy atom. The second-order valence-corrected chi connectivity index (χ2v) is 5.18. The van der Waals surface area contributed by atoms with Gasteiger partial charge in [-0.15, -0.1) is 0 Å². The van der Waals surface area contributed by atoms with E-state index in [2.05, 4.69) is 11.8 Å². The van der Waals surface area contributed by atoms with Gasteiger partial charge < -0.3 is 5.11 Å². The molecule has 1 aliphatic heterocycles. The third-order valence-corrected chi connectivity index (χ3v) is 3.65. The summed E-state index contributed by atoms with van der Waals surface area (Å²) in [6.07, 6.45) is 3.85. The van der Waals surface area contributed by atoms with E-state index in [9.17, 15) is 4.79 Å². The lowest BCUT2D eigenvalue weighted by Gasteiger charge is -2.16. The highest BCUT2D eigenvalue weighted by atomic mass is 16.4. The molecule has 1 fully saturated rings. The summed E-state index contributed by atoms with van der Waals surface area (Å²) in [7, 11) is 0. The summed E-state index contributed by atoms with van der Waals surface area (Å²) in [6, 6.07) is 7.28. The van der Waals surface area contributed by atoms with Gasteiger partial charge in [-0.05, 0) is 43.0 Å². The summed E-state index contributed by atoms with van der Waals surface area (Å²) in [4.78, 5) is 13.3. The Morgan fingerprint density at radius 1 is 1.50 bits per heavy atom.